The summed E-state index contributed by atoms with van der Waals surface area (Å²) in [5, 5.41) is 12.6. The number of esters is 1. The Morgan fingerprint density at radius 2 is 1.22 bits per heavy atom. The maximum Gasteiger partial charge on any atom is 0.472 e. The SMILES string of the molecule is CCCC/C=C\C/C=C\CCCCCCCC(=O)NCCOP(=O)(O)OCC(O)COC(=O)CCCCCCCCCCCC. The number of hydrogen-bond acceptors (Lipinski definition) is 7. The molecule has 0 aromatic rings. The van der Waals surface area contributed by atoms with E-state index in [0.29, 0.717) is 6.42 Å². The summed E-state index contributed by atoms with van der Waals surface area (Å²) in [5.74, 6) is -0.533. The maximum absolute atomic E-state index is 12.0. The molecular weight excluding hydrogens is 593 g/mol. The molecule has 0 aliphatic carbocycles. The van der Waals surface area contributed by atoms with Crippen LogP contribution in [0.5, 0.6) is 0 Å². The molecule has 3 N–H and O–H groups in total. The van der Waals surface area contributed by atoms with Crippen molar-refractivity contribution in [3.8, 4) is 0 Å². The van der Waals surface area contributed by atoms with E-state index >= 15 is 0 Å². The van der Waals surface area contributed by atoms with E-state index in [1.54, 1.807) is 0 Å². The second-order valence-corrected chi connectivity index (χ2v) is 13.3. The van der Waals surface area contributed by atoms with E-state index in [1.807, 2.05) is 0 Å². The number of phosphoric ester groups is 1. The molecule has 1 amide bonds. The molecular formula is C35H66NO8P. The van der Waals surface area contributed by atoms with Crippen LogP contribution in [0.4, 0.5) is 0 Å². The second-order valence-electron chi connectivity index (χ2n) is 11.8. The van der Waals surface area contributed by atoms with Crippen LogP contribution in [0.1, 0.15) is 155 Å². The highest BCUT2D eigenvalue weighted by atomic mass is 31.2. The van der Waals surface area contributed by atoms with Crippen LogP contribution in [-0.4, -0.2) is 54.3 Å². The summed E-state index contributed by atoms with van der Waals surface area (Å²) in [6.45, 7) is 3.46. The minimum absolute atomic E-state index is 0.0754. The Balaban J connectivity index is 3.66. The Hall–Kier alpha value is -1.51. The van der Waals surface area contributed by atoms with Crippen LogP contribution in [0, 0.1) is 0 Å². The van der Waals surface area contributed by atoms with Gasteiger partial charge in [-0.15, -0.1) is 0 Å². The van der Waals surface area contributed by atoms with Crippen LogP contribution < -0.4 is 5.32 Å². The van der Waals surface area contributed by atoms with Gasteiger partial charge in [0.2, 0.25) is 5.91 Å². The molecule has 0 radical (unpaired) electrons. The number of ether oxygens (including phenoxy) is 1. The number of nitrogens with one attached hydrogen (secondary N) is 1. The zero-order chi connectivity index (χ0) is 33.3. The number of amides is 1. The average molecular weight is 660 g/mol. The Morgan fingerprint density at radius 3 is 1.84 bits per heavy atom. The van der Waals surface area contributed by atoms with Crippen molar-refractivity contribution >= 4 is 19.7 Å². The van der Waals surface area contributed by atoms with Crippen LogP contribution in [0.25, 0.3) is 0 Å². The lowest BCUT2D eigenvalue weighted by molar-refractivity contribution is -0.147. The highest BCUT2D eigenvalue weighted by Crippen LogP contribution is 2.42. The third-order valence-electron chi connectivity index (χ3n) is 7.38. The lowest BCUT2D eigenvalue weighted by Crippen LogP contribution is -2.27. The first-order chi connectivity index (χ1) is 21.8. The highest BCUT2D eigenvalue weighted by Gasteiger charge is 2.23. The maximum atomic E-state index is 12.0. The van der Waals surface area contributed by atoms with Gasteiger partial charge in [-0.1, -0.05) is 128 Å². The van der Waals surface area contributed by atoms with Crippen molar-refractivity contribution in [1.29, 1.82) is 0 Å². The minimum atomic E-state index is -4.41. The zero-order valence-electron chi connectivity index (χ0n) is 28.6. The molecule has 0 spiro atoms. The lowest BCUT2D eigenvalue weighted by atomic mass is 10.1. The smallest absolute Gasteiger partial charge is 0.463 e. The standard InChI is InChI=1S/C35H66NO8P/c1-3-5-7-9-11-13-15-16-17-18-19-21-23-25-27-34(38)36-29-30-43-45(40,41)44-32-33(37)31-42-35(39)28-26-24-22-20-14-12-10-8-6-4-2/h9,11,15-16,33,37H,3-8,10,12-14,17-32H2,1-2H3,(H,36,38)(H,40,41)/b11-9-,16-15-. The van der Waals surface area contributed by atoms with Crippen molar-refractivity contribution in [3.05, 3.63) is 24.3 Å². The van der Waals surface area contributed by atoms with Gasteiger partial charge in [-0.3, -0.25) is 18.6 Å². The third kappa shape index (κ3) is 33.7. The lowest BCUT2D eigenvalue weighted by Gasteiger charge is -2.15. The number of aliphatic hydroxyl groups is 1. The van der Waals surface area contributed by atoms with Gasteiger partial charge in [0.25, 0.3) is 0 Å². The Kier molecular flexibility index (Phi) is 31.3. The number of phosphoric acid groups is 1. The van der Waals surface area contributed by atoms with Crippen molar-refractivity contribution < 1.29 is 37.9 Å². The molecule has 0 aromatic heterocycles. The molecule has 0 fully saturated rings. The molecule has 0 bridgehead atoms. The van der Waals surface area contributed by atoms with Crippen LogP contribution in [0.15, 0.2) is 24.3 Å². The molecule has 0 saturated heterocycles. The Morgan fingerprint density at radius 1 is 0.689 bits per heavy atom. The van der Waals surface area contributed by atoms with E-state index in [-0.39, 0.29) is 32.1 Å². The zero-order valence-corrected chi connectivity index (χ0v) is 29.5. The van der Waals surface area contributed by atoms with E-state index in [4.69, 9.17) is 13.8 Å². The topological polar surface area (TPSA) is 131 Å². The number of aliphatic hydroxyl groups excluding tert-OH is 1. The summed E-state index contributed by atoms with van der Waals surface area (Å²) in [5.41, 5.74) is 0. The number of unbranched alkanes of at least 4 members (excludes halogenated alkanes) is 16. The van der Waals surface area contributed by atoms with Crippen molar-refractivity contribution in [2.75, 3.05) is 26.4 Å². The van der Waals surface area contributed by atoms with Crippen LogP contribution >= 0.6 is 7.82 Å². The van der Waals surface area contributed by atoms with Gasteiger partial charge >= 0.3 is 13.8 Å². The fraction of sp³-hybridized carbons (Fsp3) is 0.829. The number of rotatable bonds is 33. The largest absolute Gasteiger partial charge is 0.472 e. The molecule has 0 aliphatic heterocycles. The Labute approximate surface area is 274 Å². The highest BCUT2D eigenvalue weighted by molar-refractivity contribution is 7.47. The summed E-state index contributed by atoms with van der Waals surface area (Å²) in [6, 6.07) is 0. The van der Waals surface area contributed by atoms with Gasteiger partial charge in [-0.05, 0) is 38.5 Å². The van der Waals surface area contributed by atoms with Crippen molar-refractivity contribution in [1.82, 2.24) is 5.32 Å². The molecule has 2 atom stereocenters. The van der Waals surface area contributed by atoms with Gasteiger partial charge in [0.05, 0.1) is 13.2 Å². The molecule has 0 heterocycles. The first-order valence-electron chi connectivity index (χ1n) is 17.8. The van der Waals surface area contributed by atoms with Gasteiger partial charge in [0.1, 0.15) is 12.7 Å². The summed E-state index contributed by atoms with van der Waals surface area (Å²) < 4.78 is 26.7. The predicted molar refractivity (Wildman–Crippen MR) is 183 cm³/mol. The average Bonchev–Trinajstić information content (AvgIpc) is 3.02. The minimum Gasteiger partial charge on any atom is -0.463 e. The van der Waals surface area contributed by atoms with E-state index in [1.165, 1.54) is 64.2 Å². The van der Waals surface area contributed by atoms with Crippen molar-refractivity contribution in [2.24, 2.45) is 0 Å². The number of carbonyl (C=O) groups excluding carboxylic acids is 2. The first kappa shape index (κ1) is 43.5. The van der Waals surface area contributed by atoms with Crippen LogP contribution in [0.3, 0.4) is 0 Å². The fourth-order valence-corrected chi connectivity index (χ4v) is 5.39. The molecule has 2 unspecified atom stereocenters. The molecule has 10 heteroatoms. The van der Waals surface area contributed by atoms with Crippen LogP contribution in [0.2, 0.25) is 0 Å². The molecule has 0 aromatic carbocycles. The summed E-state index contributed by atoms with van der Waals surface area (Å²) in [7, 11) is -4.41. The third-order valence-corrected chi connectivity index (χ3v) is 8.37. The predicted octanol–water partition coefficient (Wildman–Crippen LogP) is 8.87. The number of hydrogen-bond donors (Lipinski definition) is 3. The quantitative estimate of drug-likeness (QED) is 0.0276. The van der Waals surface area contributed by atoms with Crippen molar-refractivity contribution in [2.45, 2.75) is 161 Å². The monoisotopic (exact) mass is 659 g/mol. The van der Waals surface area contributed by atoms with Gasteiger partial charge < -0.3 is 20.1 Å². The molecule has 45 heavy (non-hydrogen) atoms. The normalized spacial score (nSPS) is 13.8. The van der Waals surface area contributed by atoms with E-state index in [0.717, 1.165) is 64.2 Å². The fourth-order valence-electron chi connectivity index (χ4n) is 4.63. The van der Waals surface area contributed by atoms with Crippen molar-refractivity contribution in [3.63, 3.8) is 0 Å². The molecule has 0 aliphatic rings. The molecule has 0 rings (SSSR count). The van der Waals surface area contributed by atoms with Crippen LogP contribution in [-0.2, 0) is 27.9 Å². The van der Waals surface area contributed by atoms with E-state index < -0.39 is 26.5 Å². The molecule has 0 saturated carbocycles. The van der Waals surface area contributed by atoms with Gasteiger partial charge in [0, 0.05) is 19.4 Å². The summed E-state index contributed by atoms with van der Waals surface area (Å²) in [6.07, 6.45) is 31.1. The summed E-state index contributed by atoms with van der Waals surface area (Å²) in [4.78, 5) is 33.6. The van der Waals surface area contributed by atoms with Gasteiger partial charge in [-0.2, -0.15) is 0 Å². The second kappa shape index (κ2) is 32.4. The number of carbonyl (C=O) groups is 2. The first-order valence-corrected chi connectivity index (χ1v) is 19.3. The van der Waals surface area contributed by atoms with E-state index in [2.05, 4.69) is 43.5 Å². The van der Waals surface area contributed by atoms with Gasteiger partial charge in [0.15, 0.2) is 0 Å². The van der Waals surface area contributed by atoms with Gasteiger partial charge in [-0.25, -0.2) is 4.57 Å². The Bertz CT molecular complexity index is 805. The van der Waals surface area contributed by atoms with E-state index in [9.17, 15) is 24.2 Å². The molecule has 9 nitrogen and oxygen atoms in total. The number of allylic oxidation sites excluding steroid dienone is 4. The summed E-state index contributed by atoms with van der Waals surface area (Å²) >= 11 is 0. The molecule has 264 valence electrons.